The lowest BCUT2D eigenvalue weighted by molar-refractivity contribution is -0.133. The van der Waals surface area contributed by atoms with Crippen molar-refractivity contribution >= 4 is 17.5 Å². The molecule has 0 aliphatic carbocycles. The highest BCUT2D eigenvalue weighted by Gasteiger charge is 2.36. The van der Waals surface area contributed by atoms with Crippen molar-refractivity contribution in [3.05, 3.63) is 83.4 Å². The Bertz CT molecular complexity index is 1490. The quantitative estimate of drug-likeness (QED) is 0.302. The second-order valence-electron chi connectivity index (χ2n) is 10.8. The molecule has 3 aromatic carbocycles. The van der Waals surface area contributed by atoms with Gasteiger partial charge >= 0.3 is 0 Å². The van der Waals surface area contributed by atoms with Gasteiger partial charge in [0.1, 0.15) is 29.5 Å². The maximum Gasteiger partial charge on any atom is 0.262 e. The fourth-order valence-electron chi connectivity index (χ4n) is 5.53. The van der Waals surface area contributed by atoms with Crippen molar-refractivity contribution in [1.29, 1.82) is 0 Å². The molecule has 5 rings (SSSR count). The summed E-state index contributed by atoms with van der Waals surface area (Å²) in [6.07, 6.45) is 0.446. The number of carbonyl (C=O) groups is 2. The fraction of sp³-hybridized carbons (Fsp3) is 0.382. The van der Waals surface area contributed by atoms with Crippen molar-refractivity contribution in [2.45, 2.75) is 12.5 Å². The average Bonchev–Trinajstić information content (AvgIpc) is 3.55. The zero-order valence-corrected chi connectivity index (χ0v) is 26.2. The van der Waals surface area contributed by atoms with Crippen LogP contribution in [-0.4, -0.2) is 107 Å². The van der Waals surface area contributed by atoms with Gasteiger partial charge in [-0.25, -0.2) is 5.01 Å². The van der Waals surface area contributed by atoms with Crippen LogP contribution >= 0.6 is 0 Å². The maximum atomic E-state index is 14.2. The highest BCUT2D eigenvalue weighted by atomic mass is 16.5. The van der Waals surface area contributed by atoms with E-state index in [0.717, 1.165) is 35.7 Å². The Kier molecular flexibility index (Phi) is 10.5. The molecule has 2 aliphatic rings. The van der Waals surface area contributed by atoms with Crippen molar-refractivity contribution in [3.8, 4) is 23.0 Å². The Labute approximate surface area is 263 Å². The number of amides is 2. The monoisotopic (exact) mass is 616 g/mol. The van der Waals surface area contributed by atoms with E-state index in [4.69, 9.17) is 28.8 Å². The predicted molar refractivity (Wildman–Crippen MR) is 169 cm³/mol. The Morgan fingerprint density at radius 1 is 0.844 bits per heavy atom. The molecule has 2 amide bonds. The van der Waals surface area contributed by atoms with Crippen LogP contribution < -0.4 is 18.9 Å². The smallest absolute Gasteiger partial charge is 0.262 e. The molecule has 1 saturated heterocycles. The number of methoxy groups -OCH3 is 4. The third kappa shape index (κ3) is 7.55. The molecule has 11 heteroatoms. The van der Waals surface area contributed by atoms with Crippen LogP contribution in [-0.2, 0) is 9.53 Å². The molecule has 0 unspecified atom stereocenters. The molecule has 0 saturated carbocycles. The van der Waals surface area contributed by atoms with Crippen LogP contribution in [0.3, 0.4) is 0 Å². The van der Waals surface area contributed by atoms with E-state index >= 15 is 0 Å². The average molecular weight is 617 g/mol. The Hall–Kier alpha value is -4.61. The Morgan fingerprint density at radius 2 is 1.47 bits per heavy atom. The van der Waals surface area contributed by atoms with Crippen molar-refractivity contribution in [2.24, 2.45) is 5.10 Å². The number of hydrogen-bond acceptors (Lipinski definition) is 9. The summed E-state index contributed by atoms with van der Waals surface area (Å²) < 4.78 is 27.3. The molecule has 2 aliphatic heterocycles. The van der Waals surface area contributed by atoms with Gasteiger partial charge in [0, 0.05) is 43.7 Å². The molecule has 2 heterocycles. The van der Waals surface area contributed by atoms with Crippen LogP contribution in [0.1, 0.15) is 33.9 Å². The number of nitrogens with zero attached hydrogens (tertiary/aromatic N) is 4. The molecule has 3 aromatic rings. The first-order valence-corrected chi connectivity index (χ1v) is 14.9. The van der Waals surface area contributed by atoms with Gasteiger partial charge in [0.2, 0.25) is 0 Å². The number of carbonyl (C=O) groups excluding carboxylic acids is 2. The minimum atomic E-state index is -0.475. The zero-order chi connectivity index (χ0) is 31.8. The highest BCUT2D eigenvalue weighted by Crippen LogP contribution is 2.39. The third-order valence-electron chi connectivity index (χ3n) is 8.13. The largest absolute Gasteiger partial charge is 0.497 e. The number of ether oxygens (including phenoxy) is 5. The van der Waals surface area contributed by atoms with E-state index in [-0.39, 0.29) is 18.4 Å². The van der Waals surface area contributed by atoms with Gasteiger partial charge < -0.3 is 28.6 Å². The van der Waals surface area contributed by atoms with E-state index in [1.165, 1.54) is 5.01 Å². The molecule has 1 fully saturated rings. The van der Waals surface area contributed by atoms with E-state index in [9.17, 15) is 9.59 Å². The molecule has 1 atom stereocenters. The number of hydrogen-bond donors (Lipinski definition) is 0. The first-order valence-electron chi connectivity index (χ1n) is 14.9. The second kappa shape index (κ2) is 14.9. The number of hydrazone groups is 1. The molecule has 11 nitrogen and oxygen atoms in total. The molecule has 0 N–H and O–H groups in total. The molecular weight excluding hydrogens is 576 g/mol. The molecule has 45 heavy (non-hydrogen) atoms. The van der Waals surface area contributed by atoms with Gasteiger partial charge in [-0.1, -0.05) is 0 Å². The molecule has 0 bridgehead atoms. The zero-order valence-electron chi connectivity index (χ0n) is 26.2. The van der Waals surface area contributed by atoms with Crippen molar-refractivity contribution < 1.29 is 33.3 Å². The van der Waals surface area contributed by atoms with Crippen LogP contribution in [0, 0.1) is 0 Å². The van der Waals surface area contributed by atoms with Gasteiger partial charge in [-0.05, 0) is 72.3 Å². The summed E-state index contributed by atoms with van der Waals surface area (Å²) in [5, 5.41) is 6.33. The van der Waals surface area contributed by atoms with Gasteiger partial charge in [-0.15, -0.1) is 0 Å². The summed E-state index contributed by atoms with van der Waals surface area (Å²) >= 11 is 0. The predicted octanol–water partition coefficient (Wildman–Crippen LogP) is 3.87. The summed E-state index contributed by atoms with van der Waals surface area (Å²) in [5.74, 6) is 2.08. The lowest BCUT2D eigenvalue weighted by atomic mass is 9.97. The summed E-state index contributed by atoms with van der Waals surface area (Å²) in [4.78, 5) is 31.9. The normalized spacial score (nSPS) is 16.6. The lowest BCUT2D eigenvalue weighted by Crippen LogP contribution is -2.46. The molecule has 0 radical (unpaired) electrons. The number of rotatable bonds is 12. The van der Waals surface area contributed by atoms with Gasteiger partial charge in [0.15, 0.2) is 0 Å². The maximum absolute atomic E-state index is 14.2. The number of morpholine rings is 1. The van der Waals surface area contributed by atoms with E-state index < -0.39 is 6.04 Å². The van der Waals surface area contributed by atoms with Gasteiger partial charge in [0.25, 0.3) is 11.8 Å². The van der Waals surface area contributed by atoms with E-state index in [1.54, 1.807) is 57.6 Å². The van der Waals surface area contributed by atoms with Crippen LogP contribution in [0.5, 0.6) is 23.0 Å². The Balaban J connectivity index is 1.46. The van der Waals surface area contributed by atoms with Crippen LogP contribution in [0.4, 0.5) is 0 Å². The molecule has 0 aromatic heterocycles. The van der Waals surface area contributed by atoms with Gasteiger partial charge in [-0.2, -0.15) is 5.10 Å². The Morgan fingerprint density at radius 3 is 2.09 bits per heavy atom. The van der Waals surface area contributed by atoms with E-state index in [0.29, 0.717) is 55.5 Å². The second-order valence-corrected chi connectivity index (χ2v) is 10.8. The summed E-state index contributed by atoms with van der Waals surface area (Å²) in [6, 6.07) is 19.5. The first kappa shape index (κ1) is 31.8. The molecule has 238 valence electrons. The first-order chi connectivity index (χ1) is 21.9. The van der Waals surface area contributed by atoms with Gasteiger partial charge in [0.05, 0.1) is 53.4 Å². The lowest BCUT2D eigenvalue weighted by Gasteiger charge is -2.31. The minimum absolute atomic E-state index is 0.155. The van der Waals surface area contributed by atoms with Crippen molar-refractivity contribution in [1.82, 2.24) is 14.8 Å². The van der Waals surface area contributed by atoms with Crippen molar-refractivity contribution in [2.75, 3.05) is 74.4 Å². The third-order valence-corrected chi connectivity index (χ3v) is 8.13. The highest BCUT2D eigenvalue weighted by molar-refractivity contribution is 6.04. The van der Waals surface area contributed by atoms with E-state index in [2.05, 4.69) is 4.90 Å². The topological polar surface area (TPSA) is 102 Å². The minimum Gasteiger partial charge on any atom is -0.497 e. The fourth-order valence-corrected chi connectivity index (χ4v) is 5.53. The van der Waals surface area contributed by atoms with E-state index in [1.807, 2.05) is 42.5 Å². The van der Waals surface area contributed by atoms with Crippen LogP contribution in [0.25, 0.3) is 0 Å². The van der Waals surface area contributed by atoms with Crippen molar-refractivity contribution in [3.63, 3.8) is 0 Å². The number of benzene rings is 3. The standard InChI is InChI=1S/C34H40N4O7/c1-41-26-9-5-24(6-10-26)30-22-31(29-21-28(43-3)13-14-32(29)44-4)38(35-30)33(39)23-37(16-15-36-17-19-45-20-18-36)34(40)25-7-11-27(42-2)12-8-25/h5-14,21,31H,15-20,22-23H2,1-4H3/t31-/m0/s1. The SMILES string of the molecule is COc1ccc(C(=O)N(CCN2CCOCC2)CC(=O)N2N=C(c3ccc(OC)cc3)C[C@H]2c2cc(OC)ccc2OC)cc1. The molecule has 0 spiro atoms. The van der Waals surface area contributed by atoms with Gasteiger partial charge in [-0.3, -0.25) is 14.5 Å². The van der Waals surface area contributed by atoms with Crippen LogP contribution in [0.2, 0.25) is 0 Å². The summed E-state index contributed by atoms with van der Waals surface area (Å²) in [6.45, 7) is 3.67. The molecular formula is C34H40N4O7. The summed E-state index contributed by atoms with van der Waals surface area (Å²) in [7, 11) is 6.39. The summed E-state index contributed by atoms with van der Waals surface area (Å²) in [5.41, 5.74) is 2.85. The van der Waals surface area contributed by atoms with Crippen LogP contribution in [0.15, 0.2) is 71.8 Å².